The van der Waals surface area contributed by atoms with E-state index in [9.17, 15) is 26.3 Å². The minimum atomic E-state index is -4.76. The van der Waals surface area contributed by atoms with Crippen molar-refractivity contribution in [2.45, 2.75) is 32.2 Å². The molecule has 0 aliphatic carbocycles. The fourth-order valence-corrected chi connectivity index (χ4v) is 4.42. The van der Waals surface area contributed by atoms with Crippen LogP contribution in [0.3, 0.4) is 0 Å². The molecule has 0 saturated carbocycles. The Morgan fingerprint density at radius 3 is 1.47 bits per heavy atom. The fourth-order valence-electron chi connectivity index (χ4n) is 1.52. The summed E-state index contributed by atoms with van der Waals surface area (Å²) in [6.07, 6.45) is -9.52. The second-order valence-corrected chi connectivity index (χ2v) is 15.0. The van der Waals surface area contributed by atoms with E-state index in [0.29, 0.717) is 0 Å². The second kappa shape index (κ2) is 5.59. The molecule has 0 N–H and O–H groups in total. The second-order valence-electron chi connectivity index (χ2n) is 4.48. The number of halogens is 6. The number of rotatable bonds is 2. The Bertz CT molecular complexity index is 414. The van der Waals surface area contributed by atoms with Crippen LogP contribution in [0.4, 0.5) is 26.3 Å². The Kier molecular flexibility index (Phi) is 4.92. The molecule has 0 radical (unpaired) electrons. The molecule has 108 valence electrons. The summed E-state index contributed by atoms with van der Waals surface area (Å²) in [5.41, 5.74) is -2.31. The van der Waals surface area contributed by atoms with Gasteiger partial charge in [0, 0.05) is 0 Å². The molecule has 0 spiro atoms. The van der Waals surface area contributed by atoms with E-state index in [1.54, 1.807) is 6.92 Å². The molecule has 0 heterocycles. The minimum absolute atomic E-state index is 0.143. The predicted octanol–water partition coefficient (Wildman–Crippen LogP) is 5.12. The first-order valence-electron chi connectivity index (χ1n) is 5.38. The van der Waals surface area contributed by atoms with Gasteiger partial charge in [0.2, 0.25) is 0 Å². The zero-order valence-corrected chi connectivity index (χ0v) is 14.0. The molecule has 19 heavy (non-hydrogen) atoms. The Labute approximate surface area is 115 Å². The predicted molar refractivity (Wildman–Crippen MR) is 62.3 cm³/mol. The number of hydrogen-bond donors (Lipinski definition) is 0. The van der Waals surface area contributed by atoms with E-state index in [2.05, 4.69) is 0 Å². The third kappa shape index (κ3) is 4.33. The van der Waals surface area contributed by atoms with Gasteiger partial charge in [0.05, 0.1) is 0 Å². The first-order valence-corrected chi connectivity index (χ1v) is 14.3. The third-order valence-electron chi connectivity index (χ3n) is 2.87. The molecule has 1 atom stereocenters. The van der Waals surface area contributed by atoms with E-state index in [4.69, 9.17) is 0 Å². The standard InChI is InChI=1S/C10H7F6.2CH3.Bi/c1-2-6-3-7(9(11,12)13)5-8(4-6)10(14,15)16;;;/h2-5H,1H3;2*1H3;. The summed E-state index contributed by atoms with van der Waals surface area (Å²) in [4.78, 5) is 0. The van der Waals surface area contributed by atoms with Crippen molar-refractivity contribution in [2.75, 3.05) is 0 Å². The van der Waals surface area contributed by atoms with Crippen molar-refractivity contribution in [3.8, 4) is 0 Å². The van der Waals surface area contributed by atoms with Gasteiger partial charge in [-0.25, -0.2) is 0 Å². The van der Waals surface area contributed by atoms with E-state index in [0.717, 1.165) is 12.1 Å². The van der Waals surface area contributed by atoms with E-state index in [-0.39, 0.29) is 15.3 Å². The molecule has 7 heteroatoms. The molecule has 0 aromatic heterocycles. The van der Waals surface area contributed by atoms with Crippen LogP contribution in [-0.4, -0.2) is 21.8 Å². The van der Waals surface area contributed by atoms with Gasteiger partial charge in [-0.2, -0.15) is 0 Å². The first kappa shape index (κ1) is 16.7. The third-order valence-corrected chi connectivity index (χ3v) is 10.0. The average molecular weight is 480 g/mol. The normalized spacial score (nSPS) is 14.8. The van der Waals surface area contributed by atoms with Crippen molar-refractivity contribution in [2.24, 2.45) is 0 Å². The van der Waals surface area contributed by atoms with Gasteiger partial charge in [-0.1, -0.05) is 0 Å². The van der Waals surface area contributed by atoms with Gasteiger partial charge in [-0.15, -0.1) is 0 Å². The van der Waals surface area contributed by atoms with Crippen molar-refractivity contribution >= 4 is 21.8 Å². The summed E-state index contributed by atoms with van der Waals surface area (Å²) >= 11 is -1.99. The van der Waals surface area contributed by atoms with Crippen LogP contribution >= 0.6 is 0 Å². The van der Waals surface area contributed by atoms with Gasteiger partial charge in [0.1, 0.15) is 0 Å². The molecule has 0 fully saturated rings. The molecule has 0 nitrogen and oxygen atoms in total. The molecule has 0 bridgehead atoms. The van der Waals surface area contributed by atoms with Gasteiger partial charge < -0.3 is 0 Å². The maximum atomic E-state index is 12.6. The summed E-state index contributed by atoms with van der Waals surface area (Å²) in [5.74, 6) is 0. The molecule has 0 saturated heterocycles. The van der Waals surface area contributed by atoms with Gasteiger partial charge in [0.15, 0.2) is 0 Å². The summed E-state index contributed by atoms with van der Waals surface area (Å²) in [5, 5.41) is 0. The summed E-state index contributed by atoms with van der Waals surface area (Å²) in [7, 11) is 0. The van der Waals surface area contributed by atoms with Crippen molar-refractivity contribution in [3.63, 3.8) is 0 Å². The topological polar surface area (TPSA) is 0 Å². The summed E-state index contributed by atoms with van der Waals surface area (Å²) in [6.45, 7) is 1.70. The molecule has 0 aliphatic heterocycles. The Hall–Kier alpha value is -0.317. The summed E-state index contributed by atoms with van der Waals surface area (Å²) < 4.78 is 79.6. The average Bonchev–Trinajstić information content (AvgIpc) is 2.24. The Balaban J connectivity index is 3.41. The van der Waals surface area contributed by atoms with Crippen molar-refractivity contribution in [1.29, 1.82) is 0 Å². The maximum absolute atomic E-state index is 12.6. The van der Waals surface area contributed by atoms with Gasteiger partial charge >= 0.3 is 115 Å². The molecule has 0 amide bonds. The van der Waals surface area contributed by atoms with Crippen LogP contribution in [0.5, 0.6) is 0 Å². The van der Waals surface area contributed by atoms with Crippen molar-refractivity contribution in [3.05, 3.63) is 34.9 Å². The molecular formula is C12H13BiF6. The zero-order chi connectivity index (χ0) is 15.0. The number of hydrogen-bond acceptors (Lipinski definition) is 0. The van der Waals surface area contributed by atoms with Crippen LogP contribution in [0.1, 0.15) is 27.2 Å². The quantitative estimate of drug-likeness (QED) is 0.408. The van der Waals surface area contributed by atoms with E-state index < -0.39 is 45.2 Å². The molecule has 1 unspecified atom stereocenters. The van der Waals surface area contributed by atoms with Crippen LogP contribution in [0.25, 0.3) is 0 Å². The Morgan fingerprint density at radius 1 is 0.842 bits per heavy atom. The van der Waals surface area contributed by atoms with E-state index >= 15 is 0 Å². The zero-order valence-electron chi connectivity index (χ0n) is 10.5. The van der Waals surface area contributed by atoms with E-state index in [1.807, 2.05) is 9.26 Å². The van der Waals surface area contributed by atoms with Crippen LogP contribution in [0.15, 0.2) is 18.2 Å². The number of alkyl halides is 6. The van der Waals surface area contributed by atoms with Crippen molar-refractivity contribution < 1.29 is 26.3 Å². The summed E-state index contributed by atoms with van der Waals surface area (Å²) in [6, 6.07) is 1.86. The van der Waals surface area contributed by atoms with Crippen LogP contribution in [-0.2, 0) is 12.4 Å². The Morgan fingerprint density at radius 2 is 1.21 bits per heavy atom. The first-order chi connectivity index (χ1) is 8.43. The van der Waals surface area contributed by atoms with Crippen LogP contribution in [0.2, 0.25) is 9.26 Å². The SMILES string of the molecule is C[CH](c1cc(C(F)(F)F)cc(C(F)(F)F)c1)[Bi]([CH3])[CH3]. The molecule has 0 aliphatic rings. The van der Waals surface area contributed by atoms with Gasteiger partial charge in [0.25, 0.3) is 0 Å². The molecular weight excluding hydrogens is 467 g/mol. The monoisotopic (exact) mass is 480 g/mol. The van der Waals surface area contributed by atoms with E-state index in [1.165, 1.54) is 0 Å². The van der Waals surface area contributed by atoms with Gasteiger partial charge in [-0.05, 0) is 0 Å². The molecule has 1 aromatic carbocycles. The van der Waals surface area contributed by atoms with Crippen LogP contribution in [0, 0.1) is 0 Å². The molecule has 1 rings (SSSR count). The number of benzene rings is 1. The van der Waals surface area contributed by atoms with Gasteiger partial charge in [-0.3, -0.25) is 0 Å². The fraction of sp³-hybridized carbons (Fsp3) is 0.500. The van der Waals surface area contributed by atoms with Crippen LogP contribution < -0.4 is 0 Å². The van der Waals surface area contributed by atoms with Crippen molar-refractivity contribution in [1.82, 2.24) is 0 Å². The molecule has 1 aromatic rings.